The smallest absolute Gasteiger partial charge is 0.267 e. The van der Waals surface area contributed by atoms with Crippen LogP contribution in [0.5, 0.6) is 0 Å². The Balaban J connectivity index is 1.99. The number of hydrogen-bond acceptors (Lipinski definition) is 4. The van der Waals surface area contributed by atoms with E-state index in [-0.39, 0.29) is 11.6 Å². The Morgan fingerprint density at radius 2 is 2.00 bits per heavy atom. The van der Waals surface area contributed by atoms with E-state index >= 15 is 0 Å². The highest BCUT2D eigenvalue weighted by atomic mass is 19.1. The van der Waals surface area contributed by atoms with Crippen LogP contribution in [0.2, 0.25) is 0 Å². The fraction of sp³-hybridized carbons (Fsp3) is 0.417. The van der Waals surface area contributed by atoms with Gasteiger partial charge in [0.1, 0.15) is 5.82 Å². The first-order valence-corrected chi connectivity index (χ1v) is 5.86. The zero-order chi connectivity index (χ0) is 13.1. The Morgan fingerprint density at radius 1 is 1.33 bits per heavy atom. The van der Waals surface area contributed by atoms with Crippen molar-refractivity contribution in [1.82, 2.24) is 15.3 Å². The van der Waals surface area contributed by atoms with E-state index in [1.807, 2.05) is 12.1 Å². The van der Waals surface area contributed by atoms with Crippen LogP contribution in [0, 0.1) is 5.82 Å². The number of nitrogens with zero attached hydrogens (tertiary/aromatic N) is 2. The van der Waals surface area contributed by atoms with Gasteiger partial charge in [-0.15, -0.1) is 0 Å². The van der Waals surface area contributed by atoms with Crippen LogP contribution in [0.15, 0.2) is 18.2 Å². The summed E-state index contributed by atoms with van der Waals surface area (Å²) in [5.74, 6) is -0.735. The number of nitrogen functional groups attached to an aromatic ring is 1. The molecule has 0 spiro atoms. The Kier molecular flexibility index (Phi) is 3.78. The van der Waals surface area contributed by atoms with Gasteiger partial charge in [-0.2, -0.15) is 0 Å². The van der Waals surface area contributed by atoms with Gasteiger partial charge in [0.05, 0.1) is 5.56 Å². The van der Waals surface area contributed by atoms with Gasteiger partial charge in [0.25, 0.3) is 5.91 Å². The molecule has 5 nitrogen and oxygen atoms in total. The number of anilines is 1. The topological polar surface area (TPSA) is 61.6 Å². The predicted molar refractivity (Wildman–Crippen MR) is 67.3 cm³/mol. The average Bonchev–Trinajstić information content (AvgIpc) is 2.32. The maximum absolute atomic E-state index is 12.9. The van der Waals surface area contributed by atoms with Gasteiger partial charge >= 0.3 is 0 Å². The maximum Gasteiger partial charge on any atom is 0.267 e. The van der Waals surface area contributed by atoms with Crippen LogP contribution < -0.4 is 11.2 Å². The lowest BCUT2D eigenvalue weighted by molar-refractivity contribution is 0.0663. The molecule has 1 aliphatic rings. The van der Waals surface area contributed by atoms with Crippen LogP contribution >= 0.6 is 0 Å². The number of piperazine rings is 1. The molecule has 1 amide bonds. The van der Waals surface area contributed by atoms with Gasteiger partial charge in [0.2, 0.25) is 0 Å². The number of nitrogens with two attached hydrogens (primary N) is 1. The monoisotopic (exact) mass is 252 g/mol. The SMILES string of the molecule is CN1CCN(NC(=O)c2ccc(F)cc2N)CC1. The molecule has 18 heavy (non-hydrogen) atoms. The first-order chi connectivity index (χ1) is 8.56. The molecule has 0 radical (unpaired) electrons. The van der Waals surface area contributed by atoms with E-state index in [2.05, 4.69) is 10.3 Å². The van der Waals surface area contributed by atoms with E-state index in [1.165, 1.54) is 12.1 Å². The Bertz CT molecular complexity index is 444. The second-order valence-electron chi connectivity index (χ2n) is 4.46. The molecule has 3 N–H and O–H groups in total. The zero-order valence-corrected chi connectivity index (χ0v) is 10.3. The van der Waals surface area contributed by atoms with Crippen molar-refractivity contribution in [3.63, 3.8) is 0 Å². The number of hydrogen-bond donors (Lipinski definition) is 2. The third kappa shape index (κ3) is 2.96. The van der Waals surface area contributed by atoms with E-state index in [0.29, 0.717) is 5.56 Å². The minimum atomic E-state index is -0.441. The minimum absolute atomic E-state index is 0.154. The number of likely N-dealkylation sites (N-methyl/N-ethyl adjacent to an activating group) is 1. The number of benzene rings is 1. The van der Waals surface area contributed by atoms with Gasteiger partial charge in [0, 0.05) is 31.9 Å². The zero-order valence-electron chi connectivity index (χ0n) is 10.3. The van der Waals surface area contributed by atoms with Gasteiger partial charge in [-0.05, 0) is 25.2 Å². The fourth-order valence-corrected chi connectivity index (χ4v) is 1.86. The lowest BCUT2D eigenvalue weighted by atomic mass is 10.1. The lowest BCUT2D eigenvalue weighted by Crippen LogP contribution is -2.52. The van der Waals surface area contributed by atoms with E-state index in [1.54, 1.807) is 0 Å². The normalized spacial score (nSPS) is 17.7. The number of carbonyl (C=O) groups excluding carboxylic acids is 1. The highest BCUT2D eigenvalue weighted by molar-refractivity contribution is 5.98. The van der Waals surface area contributed by atoms with Crippen LogP contribution in [0.4, 0.5) is 10.1 Å². The number of halogens is 1. The highest BCUT2D eigenvalue weighted by Crippen LogP contribution is 2.13. The van der Waals surface area contributed by atoms with Crippen molar-refractivity contribution in [1.29, 1.82) is 0 Å². The largest absolute Gasteiger partial charge is 0.398 e. The minimum Gasteiger partial charge on any atom is -0.398 e. The van der Waals surface area contributed by atoms with Crippen molar-refractivity contribution >= 4 is 11.6 Å². The molecule has 2 rings (SSSR count). The van der Waals surface area contributed by atoms with Gasteiger partial charge in [0.15, 0.2) is 0 Å². The summed E-state index contributed by atoms with van der Waals surface area (Å²) in [5, 5.41) is 1.85. The fourth-order valence-electron chi connectivity index (χ4n) is 1.86. The van der Waals surface area contributed by atoms with Crippen LogP contribution in [0.1, 0.15) is 10.4 Å². The Labute approximate surface area is 105 Å². The van der Waals surface area contributed by atoms with Crippen LogP contribution in [0.25, 0.3) is 0 Å². The van der Waals surface area contributed by atoms with E-state index in [0.717, 1.165) is 32.2 Å². The second kappa shape index (κ2) is 5.32. The molecule has 1 aromatic rings. The molecule has 0 unspecified atom stereocenters. The summed E-state index contributed by atoms with van der Waals surface area (Å²) in [6.07, 6.45) is 0. The molecule has 1 fully saturated rings. The summed E-state index contributed by atoms with van der Waals surface area (Å²) in [6, 6.07) is 3.78. The Morgan fingerprint density at radius 3 is 2.61 bits per heavy atom. The summed E-state index contributed by atoms with van der Waals surface area (Å²) in [4.78, 5) is 14.1. The highest BCUT2D eigenvalue weighted by Gasteiger charge is 2.17. The molecule has 1 aromatic carbocycles. The second-order valence-corrected chi connectivity index (χ2v) is 4.46. The van der Waals surface area contributed by atoms with Gasteiger partial charge in [-0.3, -0.25) is 10.2 Å². The predicted octanol–water partition coefficient (Wildman–Crippen LogP) is 0.300. The molecule has 0 atom stereocenters. The molecule has 0 bridgehead atoms. The van der Waals surface area contributed by atoms with Gasteiger partial charge in [-0.25, -0.2) is 9.40 Å². The van der Waals surface area contributed by atoms with Crippen LogP contribution in [-0.2, 0) is 0 Å². The molecule has 0 aromatic heterocycles. The molecular formula is C12H17FN4O. The third-order valence-corrected chi connectivity index (χ3v) is 3.02. The summed E-state index contributed by atoms with van der Waals surface area (Å²) in [6.45, 7) is 3.34. The summed E-state index contributed by atoms with van der Waals surface area (Å²) >= 11 is 0. The molecule has 98 valence electrons. The lowest BCUT2D eigenvalue weighted by Gasteiger charge is -2.32. The first-order valence-electron chi connectivity index (χ1n) is 5.86. The van der Waals surface area contributed by atoms with Gasteiger partial charge in [-0.1, -0.05) is 0 Å². The summed E-state index contributed by atoms with van der Waals surface area (Å²) in [5.41, 5.74) is 8.86. The molecular weight excluding hydrogens is 235 g/mol. The van der Waals surface area contributed by atoms with Crippen molar-refractivity contribution in [3.05, 3.63) is 29.6 Å². The Hall–Kier alpha value is -1.66. The quantitative estimate of drug-likeness (QED) is 0.743. The van der Waals surface area contributed by atoms with Crippen LogP contribution in [0.3, 0.4) is 0 Å². The molecule has 1 aliphatic heterocycles. The average molecular weight is 252 g/mol. The number of amides is 1. The molecule has 1 heterocycles. The van der Waals surface area contributed by atoms with Crippen molar-refractivity contribution < 1.29 is 9.18 Å². The summed E-state index contributed by atoms with van der Waals surface area (Å²) < 4.78 is 12.9. The van der Waals surface area contributed by atoms with E-state index in [9.17, 15) is 9.18 Å². The van der Waals surface area contributed by atoms with Crippen molar-refractivity contribution in [2.24, 2.45) is 0 Å². The van der Waals surface area contributed by atoms with Gasteiger partial charge < -0.3 is 10.6 Å². The standard InChI is InChI=1S/C12H17FN4O/c1-16-4-6-17(7-5-16)15-12(18)10-3-2-9(13)8-11(10)14/h2-3,8H,4-7,14H2,1H3,(H,15,18). The number of hydrazine groups is 1. The van der Waals surface area contributed by atoms with E-state index in [4.69, 9.17) is 5.73 Å². The van der Waals surface area contributed by atoms with Crippen LogP contribution in [-0.4, -0.2) is 49.0 Å². The molecule has 0 saturated carbocycles. The first kappa shape index (κ1) is 12.8. The van der Waals surface area contributed by atoms with Crippen molar-refractivity contribution in [2.45, 2.75) is 0 Å². The van der Waals surface area contributed by atoms with E-state index < -0.39 is 5.82 Å². The van der Waals surface area contributed by atoms with Crippen molar-refractivity contribution in [2.75, 3.05) is 39.0 Å². The third-order valence-electron chi connectivity index (χ3n) is 3.02. The number of carbonyl (C=O) groups is 1. The summed E-state index contributed by atoms with van der Waals surface area (Å²) in [7, 11) is 2.04. The van der Waals surface area contributed by atoms with Crippen molar-refractivity contribution in [3.8, 4) is 0 Å². The molecule has 1 saturated heterocycles. The number of nitrogens with one attached hydrogen (secondary N) is 1. The molecule has 0 aliphatic carbocycles. The number of rotatable bonds is 2. The maximum atomic E-state index is 12.9. The molecule has 6 heteroatoms.